The van der Waals surface area contributed by atoms with E-state index in [1.54, 1.807) is 0 Å². The molecule has 0 bridgehead atoms. The van der Waals surface area contributed by atoms with Gasteiger partial charge in [-0.2, -0.15) is 0 Å². The second kappa shape index (κ2) is 7.21. The quantitative estimate of drug-likeness (QED) is 0.567. The monoisotopic (exact) mass is 338 g/mol. The van der Waals surface area contributed by atoms with Crippen LogP contribution in [0.1, 0.15) is 23.7 Å². The fraction of sp³-hybridized carbons (Fsp3) is 0.500. The van der Waals surface area contributed by atoms with E-state index in [0.717, 1.165) is 23.3 Å². The summed E-state index contributed by atoms with van der Waals surface area (Å²) in [5.74, 6) is -1.46. The maximum absolute atomic E-state index is 12.4. The summed E-state index contributed by atoms with van der Waals surface area (Å²) in [6, 6.07) is 0.813. The van der Waals surface area contributed by atoms with Crippen LogP contribution < -0.4 is 11.3 Å². The normalized spacial score (nSPS) is 17.5. The number of pyridine rings is 1. The Balaban J connectivity index is 2.28. The summed E-state index contributed by atoms with van der Waals surface area (Å²) in [5.41, 5.74) is 3.24. The highest BCUT2D eigenvalue weighted by Crippen LogP contribution is 2.12. The number of aromatic nitrogens is 1. The number of carbonyl (C=O) groups excluding carboxylic acids is 2. The van der Waals surface area contributed by atoms with Gasteiger partial charge in [-0.3, -0.25) is 29.1 Å². The topological polar surface area (TPSA) is 138 Å². The van der Waals surface area contributed by atoms with E-state index in [2.05, 4.69) is 0 Å². The van der Waals surface area contributed by atoms with Crippen molar-refractivity contribution in [2.24, 2.45) is 5.73 Å². The first-order valence-corrected chi connectivity index (χ1v) is 7.41. The molecule has 0 spiro atoms. The van der Waals surface area contributed by atoms with Crippen molar-refractivity contribution in [3.8, 4) is 0 Å². The standard InChI is InChI=1S/C14H18N4O6/c1-2-10-7-16(3-4-24-10)12(19)8-17-6-9(18(22)23)5-11(13(15)20)14(17)21/h5-6,10H,2-4,7-8H2,1H3,(H2,15,20). The first-order valence-electron chi connectivity index (χ1n) is 7.41. The molecule has 1 aromatic rings. The molecule has 0 aliphatic carbocycles. The van der Waals surface area contributed by atoms with E-state index in [-0.39, 0.29) is 12.0 Å². The Kier molecular flexibility index (Phi) is 5.29. The van der Waals surface area contributed by atoms with Crippen LogP contribution in [0, 0.1) is 10.1 Å². The van der Waals surface area contributed by atoms with Crippen molar-refractivity contribution in [2.45, 2.75) is 26.0 Å². The van der Waals surface area contributed by atoms with Crippen LogP contribution in [-0.2, 0) is 16.1 Å². The van der Waals surface area contributed by atoms with Crippen molar-refractivity contribution in [3.05, 3.63) is 38.3 Å². The molecule has 1 fully saturated rings. The van der Waals surface area contributed by atoms with Gasteiger partial charge in [-0.1, -0.05) is 6.92 Å². The predicted octanol–water partition coefficient (Wildman–Crippen LogP) is -0.507. The van der Waals surface area contributed by atoms with Crippen LogP contribution in [0.2, 0.25) is 0 Å². The maximum atomic E-state index is 12.4. The van der Waals surface area contributed by atoms with Crippen LogP contribution in [0.3, 0.4) is 0 Å². The highest BCUT2D eigenvalue weighted by molar-refractivity contribution is 5.93. The zero-order valence-electron chi connectivity index (χ0n) is 13.1. The zero-order chi connectivity index (χ0) is 17.9. The Morgan fingerprint density at radius 1 is 1.50 bits per heavy atom. The molecule has 2 rings (SSSR count). The van der Waals surface area contributed by atoms with Gasteiger partial charge in [0.05, 0.1) is 23.8 Å². The number of morpholine rings is 1. The Hall–Kier alpha value is -2.75. The zero-order valence-corrected chi connectivity index (χ0v) is 13.1. The fourth-order valence-corrected chi connectivity index (χ4v) is 2.45. The third kappa shape index (κ3) is 3.77. The van der Waals surface area contributed by atoms with Gasteiger partial charge in [-0.05, 0) is 6.42 Å². The first-order chi connectivity index (χ1) is 11.3. The number of nitrogens with two attached hydrogens (primary N) is 1. The van der Waals surface area contributed by atoms with Gasteiger partial charge in [0.1, 0.15) is 12.1 Å². The lowest BCUT2D eigenvalue weighted by Crippen LogP contribution is -2.47. The average Bonchev–Trinajstić information content (AvgIpc) is 2.56. The summed E-state index contributed by atoms with van der Waals surface area (Å²) in [5, 5.41) is 10.9. The van der Waals surface area contributed by atoms with Crippen LogP contribution in [-0.4, -0.2) is 52.0 Å². The summed E-state index contributed by atoms with van der Waals surface area (Å²) in [6.45, 7) is 2.68. The Morgan fingerprint density at radius 3 is 2.79 bits per heavy atom. The maximum Gasteiger partial charge on any atom is 0.286 e. The molecule has 2 amide bonds. The fourth-order valence-electron chi connectivity index (χ4n) is 2.45. The van der Waals surface area contributed by atoms with Gasteiger partial charge < -0.3 is 15.4 Å². The number of ether oxygens (including phenoxy) is 1. The van der Waals surface area contributed by atoms with Gasteiger partial charge in [-0.25, -0.2) is 0 Å². The van der Waals surface area contributed by atoms with Crippen molar-refractivity contribution in [1.82, 2.24) is 9.47 Å². The summed E-state index contributed by atoms with van der Waals surface area (Å²) >= 11 is 0. The number of amides is 2. The molecule has 2 N–H and O–H groups in total. The molecule has 1 atom stereocenters. The molecule has 10 nitrogen and oxygen atoms in total. The van der Waals surface area contributed by atoms with Gasteiger partial charge in [0.25, 0.3) is 17.2 Å². The van der Waals surface area contributed by atoms with E-state index >= 15 is 0 Å². The van der Waals surface area contributed by atoms with Crippen LogP contribution in [0.25, 0.3) is 0 Å². The lowest BCUT2D eigenvalue weighted by atomic mass is 10.2. The van der Waals surface area contributed by atoms with Crippen LogP contribution in [0.4, 0.5) is 5.69 Å². The van der Waals surface area contributed by atoms with E-state index in [1.807, 2.05) is 6.92 Å². The number of nitro groups is 1. The minimum atomic E-state index is -1.08. The number of hydrogen-bond acceptors (Lipinski definition) is 6. The third-order valence-corrected chi connectivity index (χ3v) is 3.80. The number of rotatable bonds is 5. The second-order valence-electron chi connectivity index (χ2n) is 5.41. The number of hydrogen-bond donors (Lipinski definition) is 1. The van der Waals surface area contributed by atoms with Gasteiger partial charge in [0, 0.05) is 19.2 Å². The molecule has 24 heavy (non-hydrogen) atoms. The van der Waals surface area contributed by atoms with Crippen LogP contribution >= 0.6 is 0 Å². The minimum Gasteiger partial charge on any atom is -0.375 e. The molecule has 1 aromatic heterocycles. The second-order valence-corrected chi connectivity index (χ2v) is 5.41. The average molecular weight is 338 g/mol. The molecule has 10 heteroatoms. The summed E-state index contributed by atoms with van der Waals surface area (Å²) in [4.78, 5) is 47.5. The SMILES string of the molecule is CCC1CN(C(=O)Cn2cc([N+](=O)[O-])cc(C(N)=O)c2=O)CCO1. The van der Waals surface area contributed by atoms with Crippen molar-refractivity contribution >= 4 is 17.5 Å². The highest BCUT2D eigenvalue weighted by atomic mass is 16.6. The lowest BCUT2D eigenvalue weighted by molar-refractivity contribution is -0.385. The highest BCUT2D eigenvalue weighted by Gasteiger charge is 2.25. The van der Waals surface area contributed by atoms with Crippen LogP contribution in [0.5, 0.6) is 0 Å². The molecule has 0 saturated carbocycles. The number of primary amides is 1. The molecule has 1 aliphatic rings. The summed E-state index contributed by atoms with van der Waals surface area (Å²) < 4.78 is 6.31. The van der Waals surface area contributed by atoms with Gasteiger partial charge in [-0.15, -0.1) is 0 Å². The number of carbonyl (C=O) groups is 2. The Labute approximate surface area is 136 Å². The molecule has 2 heterocycles. The largest absolute Gasteiger partial charge is 0.375 e. The Morgan fingerprint density at radius 2 is 2.21 bits per heavy atom. The Bertz CT molecular complexity index is 728. The van der Waals surface area contributed by atoms with Crippen molar-refractivity contribution in [1.29, 1.82) is 0 Å². The van der Waals surface area contributed by atoms with Gasteiger partial charge >= 0.3 is 0 Å². The molecular formula is C14H18N4O6. The van der Waals surface area contributed by atoms with E-state index < -0.39 is 34.2 Å². The van der Waals surface area contributed by atoms with Crippen LogP contribution in [0.15, 0.2) is 17.1 Å². The molecule has 1 unspecified atom stereocenters. The van der Waals surface area contributed by atoms with Gasteiger partial charge in [0.15, 0.2) is 0 Å². The van der Waals surface area contributed by atoms with Crippen molar-refractivity contribution < 1.29 is 19.2 Å². The minimum absolute atomic E-state index is 0.0780. The van der Waals surface area contributed by atoms with E-state index in [4.69, 9.17) is 10.5 Å². The number of nitrogens with zero attached hydrogens (tertiary/aromatic N) is 3. The van der Waals surface area contributed by atoms with Gasteiger partial charge in [0.2, 0.25) is 5.91 Å². The lowest BCUT2D eigenvalue weighted by Gasteiger charge is -2.32. The molecule has 1 saturated heterocycles. The van der Waals surface area contributed by atoms with Crippen molar-refractivity contribution in [3.63, 3.8) is 0 Å². The summed E-state index contributed by atoms with van der Waals surface area (Å²) in [6.07, 6.45) is 1.60. The molecule has 130 valence electrons. The van der Waals surface area contributed by atoms with Crippen molar-refractivity contribution in [2.75, 3.05) is 19.7 Å². The predicted molar refractivity (Wildman–Crippen MR) is 82.5 cm³/mol. The van der Waals surface area contributed by atoms with E-state index in [1.165, 1.54) is 4.90 Å². The smallest absolute Gasteiger partial charge is 0.286 e. The summed E-state index contributed by atoms with van der Waals surface area (Å²) in [7, 11) is 0. The third-order valence-electron chi connectivity index (χ3n) is 3.80. The molecule has 0 radical (unpaired) electrons. The van der Waals surface area contributed by atoms with E-state index in [9.17, 15) is 24.5 Å². The van der Waals surface area contributed by atoms with E-state index in [0.29, 0.717) is 19.7 Å². The first kappa shape index (κ1) is 17.6. The molecule has 0 aromatic carbocycles. The molecular weight excluding hydrogens is 320 g/mol. The molecule has 1 aliphatic heterocycles.